The molecule has 0 aliphatic carbocycles. The molecule has 1 amide bonds. The molecule has 1 aliphatic rings. The zero-order valence-corrected chi connectivity index (χ0v) is 18.9. The van der Waals surface area contributed by atoms with Gasteiger partial charge in [-0.25, -0.2) is 4.79 Å². The number of amides is 1. The number of carbonyl (C=O) groups excluding carboxylic acids is 1. The molecule has 0 unspecified atom stereocenters. The summed E-state index contributed by atoms with van der Waals surface area (Å²) in [6, 6.07) is 19.6. The van der Waals surface area contributed by atoms with Gasteiger partial charge in [0.1, 0.15) is 5.75 Å². The van der Waals surface area contributed by atoms with E-state index in [2.05, 4.69) is 15.1 Å². The number of nitrogens with zero attached hydrogens (tertiary/aromatic N) is 2. The molecule has 0 saturated carbocycles. The Bertz CT molecular complexity index is 1180. The van der Waals surface area contributed by atoms with Crippen molar-refractivity contribution in [3.8, 4) is 5.75 Å². The van der Waals surface area contributed by atoms with Gasteiger partial charge in [-0.2, -0.15) is 0 Å². The van der Waals surface area contributed by atoms with Crippen LogP contribution in [-0.2, 0) is 0 Å². The standard InChI is InChI=1S/C25H24ClN3O4/c1-33-23-8-3-2-7-20(23)24(30)27-22-10-9-19(16-21(22)25(31)32)29-13-11-28(12-14-29)18-6-4-5-17(26)15-18/h2-10,15-16H,11-14H2,1H3,(H,27,30)(H,31,32). The highest BCUT2D eigenvalue weighted by atomic mass is 35.5. The van der Waals surface area contributed by atoms with E-state index >= 15 is 0 Å². The summed E-state index contributed by atoms with van der Waals surface area (Å²) in [5.74, 6) is -1.12. The van der Waals surface area contributed by atoms with E-state index in [4.69, 9.17) is 16.3 Å². The average Bonchev–Trinajstić information content (AvgIpc) is 2.84. The van der Waals surface area contributed by atoms with E-state index < -0.39 is 11.9 Å². The molecule has 3 aromatic rings. The molecule has 8 heteroatoms. The van der Waals surface area contributed by atoms with Gasteiger partial charge in [-0.1, -0.05) is 29.8 Å². The molecule has 0 spiro atoms. The number of para-hydroxylation sites is 1. The molecule has 2 N–H and O–H groups in total. The van der Waals surface area contributed by atoms with Crippen molar-refractivity contribution in [3.05, 3.63) is 82.9 Å². The maximum absolute atomic E-state index is 12.7. The Labute approximate surface area is 197 Å². The summed E-state index contributed by atoms with van der Waals surface area (Å²) in [5.41, 5.74) is 2.47. The highest BCUT2D eigenvalue weighted by Gasteiger charge is 2.21. The molecule has 7 nitrogen and oxygen atoms in total. The molecule has 1 aliphatic heterocycles. The number of carboxylic acids is 1. The van der Waals surface area contributed by atoms with E-state index in [1.807, 2.05) is 30.3 Å². The lowest BCUT2D eigenvalue weighted by molar-refractivity contribution is 0.0698. The Balaban J connectivity index is 1.49. The Morgan fingerprint density at radius 2 is 1.55 bits per heavy atom. The first kappa shape index (κ1) is 22.5. The van der Waals surface area contributed by atoms with Crippen molar-refractivity contribution in [2.45, 2.75) is 0 Å². The van der Waals surface area contributed by atoms with Crippen molar-refractivity contribution in [2.24, 2.45) is 0 Å². The molecule has 1 heterocycles. The number of nitrogens with one attached hydrogen (secondary N) is 1. The molecular formula is C25H24ClN3O4. The second-order valence-corrected chi connectivity index (χ2v) is 8.08. The minimum atomic E-state index is -1.11. The fraction of sp³-hybridized carbons (Fsp3) is 0.200. The molecule has 170 valence electrons. The predicted octanol–water partition coefficient (Wildman–Crippen LogP) is 4.63. The molecule has 33 heavy (non-hydrogen) atoms. The summed E-state index contributed by atoms with van der Waals surface area (Å²) in [4.78, 5) is 29.1. The number of anilines is 3. The van der Waals surface area contributed by atoms with Gasteiger partial charge >= 0.3 is 5.97 Å². The minimum Gasteiger partial charge on any atom is -0.496 e. The summed E-state index contributed by atoms with van der Waals surface area (Å²) >= 11 is 6.11. The molecule has 4 rings (SSSR count). The lowest BCUT2D eigenvalue weighted by atomic mass is 10.1. The van der Waals surface area contributed by atoms with Crippen LogP contribution in [0.4, 0.5) is 17.1 Å². The van der Waals surface area contributed by atoms with Gasteiger partial charge in [0, 0.05) is 42.6 Å². The van der Waals surface area contributed by atoms with E-state index in [0.29, 0.717) is 16.3 Å². The molecule has 0 radical (unpaired) electrons. The van der Waals surface area contributed by atoms with E-state index in [0.717, 1.165) is 37.6 Å². The number of benzene rings is 3. The summed E-state index contributed by atoms with van der Waals surface area (Å²) in [5, 5.41) is 13.2. The van der Waals surface area contributed by atoms with Gasteiger partial charge in [0.15, 0.2) is 0 Å². The van der Waals surface area contributed by atoms with Crippen molar-refractivity contribution in [1.29, 1.82) is 0 Å². The SMILES string of the molecule is COc1ccccc1C(=O)Nc1ccc(N2CCN(c3cccc(Cl)c3)CC2)cc1C(=O)O. The van der Waals surface area contributed by atoms with Gasteiger partial charge in [-0.05, 0) is 48.5 Å². The van der Waals surface area contributed by atoms with Crippen LogP contribution in [0.2, 0.25) is 5.02 Å². The quantitative estimate of drug-likeness (QED) is 0.552. The Hall–Kier alpha value is -3.71. The van der Waals surface area contributed by atoms with E-state index in [1.165, 1.54) is 7.11 Å². The molecule has 0 atom stereocenters. The van der Waals surface area contributed by atoms with E-state index in [9.17, 15) is 14.7 Å². The number of carbonyl (C=O) groups is 2. The topological polar surface area (TPSA) is 82.1 Å². The molecular weight excluding hydrogens is 442 g/mol. The Kier molecular flexibility index (Phi) is 6.70. The number of carboxylic acid groups (broad SMARTS) is 1. The van der Waals surface area contributed by atoms with Crippen LogP contribution < -0.4 is 19.9 Å². The van der Waals surface area contributed by atoms with Crippen LogP contribution in [-0.4, -0.2) is 50.3 Å². The van der Waals surface area contributed by atoms with Gasteiger partial charge in [0.05, 0.1) is 23.9 Å². The van der Waals surface area contributed by atoms with Crippen LogP contribution in [0.25, 0.3) is 0 Å². The smallest absolute Gasteiger partial charge is 0.337 e. The fourth-order valence-corrected chi connectivity index (χ4v) is 4.12. The average molecular weight is 466 g/mol. The third-order valence-electron chi connectivity index (χ3n) is 5.65. The first-order valence-corrected chi connectivity index (χ1v) is 10.9. The second-order valence-electron chi connectivity index (χ2n) is 7.64. The molecule has 1 saturated heterocycles. The second kappa shape index (κ2) is 9.83. The van der Waals surface area contributed by atoms with Crippen LogP contribution in [0.5, 0.6) is 5.75 Å². The maximum Gasteiger partial charge on any atom is 0.337 e. The lowest BCUT2D eigenvalue weighted by Crippen LogP contribution is -2.46. The maximum atomic E-state index is 12.7. The number of hydrogen-bond acceptors (Lipinski definition) is 5. The van der Waals surface area contributed by atoms with E-state index in [1.54, 1.807) is 36.4 Å². The number of ether oxygens (including phenoxy) is 1. The summed E-state index contributed by atoms with van der Waals surface area (Å²) in [6.45, 7) is 3.04. The number of hydrogen-bond donors (Lipinski definition) is 2. The van der Waals surface area contributed by atoms with Crippen LogP contribution in [0.1, 0.15) is 20.7 Å². The van der Waals surface area contributed by atoms with Gasteiger partial charge in [-0.3, -0.25) is 4.79 Å². The molecule has 0 bridgehead atoms. The number of halogens is 1. The summed E-state index contributed by atoms with van der Waals surface area (Å²) < 4.78 is 5.23. The first-order valence-electron chi connectivity index (χ1n) is 10.5. The number of rotatable bonds is 6. The van der Waals surface area contributed by atoms with Gasteiger partial charge in [-0.15, -0.1) is 0 Å². The van der Waals surface area contributed by atoms with Crippen molar-refractivity contribution < 1.29 is 19.4 Å². The normalized spacial score (nSPS) is 13.5. The number of aromatic carboxylic acids is 1. The van der Waals surface area contributed by atoms with Crippen molar-refractivity contribution in [1.82, 2.24) is 0 Å². The van der Waals surface area contributed by atoms with Crippen molar-refractivity contribution >= 4 is 40.5 Å². The summed E-state index contributed by atoms with van der Waals surface area (Å²) in [7, 11) is 1.48. The Morgan fingerprint density at radius 1 is 0.879 bits per heavy atom. The molecule has 1 fully saturated rings. The predicted molar refractivity (Wildman–Crippen MR) is 130 cm³/mol. The number of methoxy groups -OCH3 is 1. The lowest BCUT2D eigenvalue weighted by Gasteiger charge is -2.37. The van der Waals surface area contributed by atoms with Crippen LogP contribution >= 0.6 is 11.6 Å². The fourth-order valence-electron chi connectivity index (χ4n) is 3.93. The number of piperazine rings is 1. The third kappa shape index (κ3) is 5.04. The van der Waals surface area contributed by atoms with Gasteiger partial charge < -0.3 is 25.0 Å². The van der Waals surface area contributed by atoms with Crippen LogP contribution in [0.15, 0.2) is 66.7 Å². The minimum absolute atomic E-state index is 0.0352. The molecule has 0 aromatic heterocycles. The zero-order chi connectivity index (χ0) is 23.4. The summed E-state index contributed by atoms with van der Waals surface area (Å²) in [6.07, 6.45) is 0. The highest BCUT2D eigenvalue weighted by molar-refractivity contribution is 6.30. The first-order chi connectivity index (χ1) is 16.0. The van der Waals surface area contributed by atoms with Crippen LogP contribution in [0, 0.1) is 0 Å². The monoisotopic (exact) mass is 465 g/mol. The highest BCUT2D eigenvalue weighted by Crippen LogP contribution is 2.28. The van der Waals surface area contributed by atoms with Crippen molar-refractivity contribution in [2.75, 3.05) is 48.4 Å². The Morgan fingerprint density at radius 3 is 2.18 bits per heavy atom. The van der Waals surface area contributed by atoms with Crippen molar-refractivity contribution in [3.63, 3.8) is 0 Å². The zero-order valence-electron chi connectivity index (χ0n) is 18.1. The van der Waals surface area contributed by atoms with Gasteiger partial charge in [0.2, 0.25) is 0 Å². The third-order valence-corrected chi connectivity index (χ3v) is 5.89. The van der Waals surface area contributed by atoms with Crippen LogP contribution in [0.3, 0.4) is 0 Å². The van der Waals surface area contributed by atoms with E-state index in [-0.39, 0.29) is 11.3 Å². The largest absolute Gasteiger partial charge is 0.496 e. The molecule has 3 aromatic carbocycles. The van der Waals surface area contributed by atoms with Gasteiger partial charge in [0.25, 0.3) is 5.91 Å².